The summed E-state index contributed by atoms with van der Waals surface area (Å²) in [5.41, 5.74) is 0.835. The molecule has 0 radical (unpaired) electrons. The minimum Gasteiger partial charge on any atom is -0.435 e. The molecule has 144 valence electrons. The van der Waals surface area contributed by atoms with Crippen LogP contribution >= 0.6 is 0 Å². The number of hydrogen-bond donors (Lipinski definition) is 1. The Bertz CT molecular complexity index is 723. The number of allylic oxidation sites excluding steroid dienone is 2. The zero-order chi connectivity index (χ0) is 19.4. The van der Waals surface area contributed by atoms with Crippen molar-refractivity contribution in [3.05, 3.63) is 42.0 Å². The van der Waals surface area contributed by atoms with Crippen LogP contribution in [0.2, 0.25) is 0 Å². The van der Waals surface area contributed by atoms with Crippen LogP contribution in [-0.4, -0.2) is 42.3 Å². The van der Waals surface area contributed by atoms with Crippen LogP contribution in [0, 0.1) is 11.8 Å². The first-order valence-electron chi connectivity index (χ1n) is 8.76. The first-order chi connectivity index (χ1) is 13.0. The number of carbonyl (C=O) groups is 3. The number of likely N-dealkylation sites (tertiary alicyclic amines) is 1. The molecular formula is C19H20F2N2O4. The van der Waals surface area contributed by atoms with Crippen LogP contribution in [0.5, 0.6) is 5.75 Å². The number of halogens is 2. The van der Waals surface area contributed by atoms with Gasteiger partial charge in [-0.2, -0.15) is 8.78 Å². The summed E-state index contributed by atoms with van der Waals surface area (Å²) in [5, 5.41) is 2.68. The van der Waals surface area contributed by atoms with E-state index in [9.17, 15) is 23.2 Å². The Balaban J connectivity index is 1.45. The molecule has 2 aliphatic rings. The van der Waals surface area contributed by atoms with E-state index in [0.29, 0.717) is 25.8 Å². The molecule has 0 bridgehead atoms. The van der Waals surface area contributed by atoms with Gasteiger partial charge in [-0.1, -0.05) is 24.3 Å². The van der Waals surface area contributed by atoms with Gasteiger partial charge in [0, 0.05) is 6.54 Å². The van der Waals surface area contributed by atoms with Gasteiger partial charge in [0.1, 0.15) is 12.3 Å². The molecule has 1 saturated heterocycles. The molecule has 3 rings (SSSR count). The summed E-state index contributed by atoms with van der Waals surface area (Å²) >= 11 is 0. The van der Waals surface area contributed by atoms with Crippen LogP contribution in [0.15, 0.2) is 36.4 Å². The van der Waals surface area contributed by atoms with Crippen molar-refractivity contribution in [3.8, 4) is 5.75 Å². The van der Waals surface area contributed by atoms with E-state index in [4.69, 9.17) is 0 Å². The van der Waals surface area contributed by atoms with E-state index in [1.807, 2.05) is 12.2 Å². The predicted octanol–water partition coefficient (Wildman–Crippen LogP) is 1.90. The summed E-state index contributed by atoms with van der Waals surface area (Å²) in [7, 11) is 0. The van der Waals surface area contributed by atoms with Crippen molar-refractivity contribution >= 4 is 17.7 Å². The van der Waals surface area contributed by atoms with Crippen molar-refractivity contribution in [1.82, 2.24) is 10.2 Å². The second kappa shape index (κ2) is 8.28. The van der Waals surface area contributed by atoms with Gasteiger partial charge in [0.15, 0.2) is 0 Å². The summed E-state index contributed by atoms with van der Waals surface area (Å²) in [5.74, 6) is -1.58. The number of hydrogen-bond acceptors (Lipinski definition) is 4. The van der Waals surface area contributed by atoms with Crippen LogP contribution < -0.4 is 10.1 Å². The second-order valence-corrected chi connectivity index (χ2v) is 6.54. The van der Waals surface area contributed by atoms with E-state index in [-0.39, 0.29) is 35.9 Å². The molecule has 6 nitrogen and oxygen atoms in total. The number of alkyl halides is 2. The molecule has 1 N–H and O–H groups in total. The molecular weight excluding hydrogens is 358 g/mol. The van der Waals surface area contributed by atoms with Gasteiger partial charge in [-0.3, -0.25) is 19.3 Å². The number of ether oxygens (including phenoxy) is 1. The molecule has 1 aliphatic heterocycles. The highest BCUT2D eigenvalue weighted by Gasteiger charge is 2.47. The average Bonchev–Trinajstić information content (AvgIpc) is 2.88. The van der Waals surface area contributed by atoms with Crippen molar-refractivity contribution in [1.29, 1.82) is 0 Å². The van der Waals surface area contributed by atoms with Crippen LogP contribution in [-0.2, 0) is 20.8 Å². The summed E-state index contributed by atoms with van der Waals surface area (Å²) in [4.78, 5) is 37.8. The second-order valence-electron chi connectivity index (χ2n) is 6.54. The number of benzene rings is 1. The Hall–Kier alpha value is -2.77. The van der Waals surface area contributed by atoms with Crippen LogP contribution in [0.1, 0.15) is 18.4 Å². The molecule has 8 heteroatoms. The number of amides is 3. The molecule has 2 atom stereocenters. The third-order valence-corrected chi connectivity index (χ3v) is 4.78. The van der Waals surface area contributed by atoms with Crippen molar-refractivity contribution < 1.29 is 27.9 Å². The lowest BCUT2D eigenvalue weighted by molar-refractivity contribution is -0.143. The average molecular weight is 378 g/mol. The van der Waals surface area contributed by atoms with Gasteiger partial charge >= 0.3 is 6.61 Å². The highest BCUT2D eigenvalue weighted by molar-refractivity contribution is 6.07. The molecule has 3 amide bonds. The van der Waals surface area contributed by atoms with Crippen molar-refractivity contribution in [3.63, 3.8) is 0 Å². The minimum absolute atomic E-state index is 0.0693. The number of rotatable bonds is 7. The first-order valence-corrected chi connectivity index (χ1v) is 8.76. The zero-order valence-electron chi connectivity index (χ0n) is 14.6. The van der Waals surface area contributed by atoms with E-state index in [1.165, 1.54) is 12.1 Å². The Morgan fingerprint density at radius 1 is 1.11 bits per heavy atom. The van der Waals surface area contributed by atoms with E-state index in [0.717, 1.165) is 10.5 Å². The van der Waals surface area contributed by atoms with Gasteiger partial charge in [-0.15, -0.1) is 0 Å². The molecule has 1 aliphatic carbocycles. The lowest BCUT2D eigenvalue weighted by atomic mass is 9.85. The van der Waals surface area contributed by atoms with Crippen molar-refractivity contribution in [2.24, 2.45) is 11.8 Å². The Morgan fingerprint density at radius 2 is 1.70 bits per heavy atom. The number of imide groups is 1. The predicted molar refractivity (Wildman–Crippen MR) is 91.9 cm³/mol. The maximum absolute atomic E-state index is 12.3. The monoisotopic (exact) mass is 378 g/mol. The molecule has 0 unspecified atom stereocenters. The maximum atomic E-state index is 12.3. The van der Waals surface area contributed by atoms with Crippen LogP contribution in [0.3, 0.4) is 0 Å². The third kappa shape index (κ3) is 4.50. The summed E-state index contributed by atoms with van der Waals surface area (Å²) in [6.45, 7) is -2.84. The topological polar surface area (TPSA) is 75.7 Å². The molecule has 27 heavy (non-hydrogen) atoms. The lowest BCUT2D eigenvalue weighted by Gasteiger charge is -2.14. The van der Waals surface area contributed by atoms with Gasteiger partial charge in [-0.05, 0) is 37.0 Å². The molecule has 0 aromatic heterocycles. The largest absolute Gasteiger partial charge is 0.435 e. The van der Waals surface area contributed by atoms with Gasteiger partial charge in [0.25, 0.3) is 0 Å². The van der Waals surface area contributed by atoms with Crippen LogP contribution in [0.25, 0.3) is 0 Å². The standard InChI is InChI=1S/C19H20F2N2O4/c20-19(21)27-13-7-5-12(6-8-13)9-10-22-16(24)11-23-17(25)14-3-1-2-4-15(14)18(23)26/h1-2,5-8,14-15,19H,3-4,9-11H2,(H,22,24)/t14-,15+. The molecule has 1 aromatic carbocycles. The van der Waals surface area contributed by atoms with Gasteiger partial charge in [-0.25, -0.2) is 0 Å². The Kier molecular flexibility index (Phi) is 5.83. The van der Waals surface area contributed by atoms with Crippen molar-refractivity contribution in [2.45, 2.75) is 25.9 Å². The third-order valence-electron chi connectivity index (χ3n) is 4.78. The van der Waals surface area contributed by atoms with Gasteiger partial charge < -0.3 is 10.1 Å². The van der Waals surface area contributed by atoms with Gasteiger partial charge in [0.05, 0.1) is 11.8 Å². The van der Waals surface area contributed by atoms with Crippen molar-refractivity contribution in [2.75, 3.05) is 13.1 Å². The number of fused-ring (bicyclic) bond motifs is 1. The molecule has 0 saturated carbocycles. The lowest BCUT2D eigenvalue weighted by Crippen LogP contribution is -2.41. The van der Waals surface area contributed by atoms with Gasteiger partial charge in [0.2, 0.25) is 17.7 Å². The number of carbonyl (C=O) groups excluding carboxylic acids is 3. The minimum atomic E-state index is -2.87. The van der Waals surface area contributed by atoms with E-state index < -0.39 is 12.5 Å². The van der Waals surface area contributed by atoms with E-state index in [1.54, 1.807) is 12.1 Å². The molecule has 1 heterocycles. The molecule has 1 fully saturated rings. The number of nitrogens with zero attached hydrogens (tertiary/aromatic N) is 1. The summed E-state index contributed by atoms with van der Waals surface area (Å²) in [6, 6.07) is 6.13. The number of nitrogens with one attached hydrogen (secondary N) is 1. The smallest absolute Gasteiger partial charge is 0.387 e. The fraction of sp³-hybridized carbons (Fsp3) is 0.421. The molecule has 0 spiro atoms. The quantitative estimate of drug-likeness (QED) is 0.581. The highest BCUT2D eigenvalue weighted by Crippen LogP contribution is 2.34. The van der Waals surface area contributed by atoms with Crippen LogP contribution in [0.4, 0.5) is 8.78 Å². The molecule has 1 aromatic rings. The first kappa shape index (κ1) is 19.0. The summed E-state index contributed by atoms with van der Waals surface area (Å²) < 4.78 is 28.5. The SMILES string of the molecule is O=C(CN1C(=O)[C@H]2CC=CC[C@H]2C1=O)NCCc1ccc(OC(F)F)cc1. The van der Waals surface area contributed by atoms with E-state index in [2.05, 4.69) is 10.1 Å². The van der Waals surface area contributed by atoms with E-state index >= 15 is 0 Å². The fourth-order valence-corrected chi connectivity index (χ4v) is 3.41. The maximum Gasteiger partial charge on any atom is 0.387 e. The Labute approximate surface area is 155 Å². The fourth-order valence-electron chi connectivity index (χ4n) is 3.41. The normalized spacial score (nSPS) is 21.5. The zero-order valence-corrected chi connectivity index (χ0v) is 14.6. The highest BCUT2D eigenvalue weighted by atomic mass is 19.3. The summed E-state index contributed by atoms with van der Waals surface area (Å²) in [6.07, 6.45) is 5.36. The Morgan fingerprint density at radius 3 is 2.26 bits per heavy atom.